The van der Waals surface area contributed by atoms with Gasteiger partial charge < -0.3 is 15.5 Å². The molecule has 4 nitrogen and oxygen atoms in total. The normalized spacial score (nSPS) is 20.3. The lowest BCUT2D eigenvalue weighted by Crippen LogP contribution is -2.37. The molecule has 1 amide bonds. The molecule has 7 heteroatoms. The predicted octanol–water partition coefficient (Wildman–Crippen LogP) is 3.50. The van der Waals surface area contributed by atoms with E-state index in [1.165, 1.54) is 17.4 Å². The third kappa shape index (κ3) is 6.14. The van der Waals surface area contributed by atoms with Crippen LogP contribution in [0.3, 0.4) is 0 Å². The summed E-state index contributed by atoms with van der Waals surface area (Å²) < 4.78 is 52.4. The molecule has 1 aliphatic carbocycles. The molecule has 144 valence electrons. The van der Waals surface area contributed by atoms with Gasteiger partial charge >= 0.3 is 12.1 Å². The van der Waals surface area contributed by atoms with Gasteiger partial charge in [0.25, 0.3) is 0 Å². The zero-order valence-corrected chi connectivity index (χ0v) is 14.2. The van der Waals surface area contributed by atoms with Crippen molar-refractivity contribution in [3.05, 3.63) is 41.5 Å². The van der Waals surface area contributed by atoms with E-state index in [0.29, 0.717) is 18.4 Å². The Bertz CT molecular complexity index is 717. The van der Waals surface area contributed by atoms with Crippen molar-refractivity contribution in [2.24, 2.45) is 0 Å². The number of hydrogen-bond acceptors (Lipinski definition) is 3. The molecule has 1 aliphatic rings. The molecular weight excluding hydrogens is 347 g/mol. The smallest absolute Gasteiger partial charge is 0.388 e. The summed E-state index contributed by atoms with van der Waals surface area (Å²) in [7, 11) is 0. The summed E-state index contributed by atoms with van der Waals surface area (Å²) in [6, 6.07) is 6.23. The minimum absolute atomic E-state index is 0.157. The van der Waals surface area contributed by atoms with Gasteiger partial charge in [-0.2, -0.15) is 13.2 Å². The maximum atomic E-state index is 12.2. The van der Waals surface area contributed by atoms with E-state index in [9.17, 15) is 28.2 Å². The van der Waals surface area contributed by atoms with Gasteiger partial charge in [0.1, 0.15) is 0 Å². The van der Waals surface area contributed by atoms with Crippen LogP contribution in [-0.2, 0) is 4.79 Å². The summed E-state index contributed by atoms with van der Waals surface area (Å²) in [4.78, 5) is 10.9. The Hall–Kier alpha value is -1.86. The third-order valence-electron chi connectivity index (χ3n) is 4.33. The minimum atomic E-state index is -5.12. The highest BCUT2D eigenvalue weighted by molar-refractivity contribution is 5.81. The number of carbonyl (C=O) groups is 1. The quantitative estimate of drug-likeness (QED) is 0.715. The van der Waals surface area contributed by atoms with Crippen LogP contribution >= 0.6 is 0 Å². The molecule has 3 N–H and O–H groups in total. The molecule has 0 radical (unpaired) electrons. The molecule has 1 aromatic rings. The third-order valence-corrected chi connectivity index (χ3v) is 4.33. The highest BCUT2D eigenvalue weighted by Crippen LogP contribution is 2.30. The number of benzene rings is 1. The predicted molar refractivity (Wildman–Crippen MR) is 92.2 cm³/mol. The Balaban J connectivity index is 2.08. The lowest BCUT2D eigenvalue weighted by Gasteiger charge is -2.28. The SMILES string of the molecule is [2H]C([2H])(CNC(=O)C(F)(F)F)C(O)c1cccc(/C=C/C2(O)CCCCC2)c1. The van der Waals surface area contributed by atoms with Crippen LogP contribution in [0, 0.1) is 0 Å². The van der Waals surface area contributed by atoms with Gasteiger partial charge in [-0.25, -0.2) is 0 Å². The van der Waals surface area contributed by atoms with Crippen LogP contribution < -0.4 is 5.32 Å². The summed E-state index contributed by atoms with van der Waals surface area (Å²) in [5, 5.41) is 22.2. The monoisotopic (exact) mass is 373 g/mol. The molecule has 0 saturated heterocycles. The maximum Gasteiger partial charge on any atom is 0.471 e. The molecule has 1 fully saturated rings. The first-order valence-corrected chi connectivity index (χ1v) is 8.48. The van der Waals surface area contributed by atoms with Crippen LogP contribution in [0.25, 0.3) is 6.08 Å². The van der Waals surface area contributed by atoms with E-state index in [1.54, 1.807) is 24.3 Å². The Morgan fingerprint density at radius 3 is 2.69 bits per heavy atom. The number of hydrogen-bond donors (Lipinski definition) is 3. The molecule has 0 heterocycles. The Morgan fingerprint density at radius 2 is 2.04 bits per heavy atom. The summed E-state index contributed by atoms with van der Waals surface area (Å²) in [5.74, 6) is -2.26. The van der Waals surface area contributed by atoms with E-state index in [0.717, 1.165) is 19.3 Å². The molecule has 2 rings (SSSR count). The first kappa shape index (κ1) is 17.5. The molecular formula is C19H24F3NO3. The summed E-state index contributed by atoms with van der Waals surface area (Å²) >= 11 is 0. The lowest BCUT2D eigenvalue weighted by atomic mass is 9.84. The topological polar surface area (TPSA) is 69.6 Å². The second-order valence-corrected chi connectivity index (χ2v) is 6.45. The second kappa shape index (κ2) is 8.68. The van der Waals surface area contributed by atoms with E-state index in [2.05, 4.69) is 0 Å². The molecule has 1 saturated carbocycles. The van der Waals surface area contributed by atoms with Gasteiger partial charge in [-0.05, 0) is 36.4 Å². The van der Waals surface area contributed by atoms with E-state index < -0.39 is 36.7 Å². The molecule has 0 aromatic heterocycles. The van der Waals surface area contributed by atoms with Gasteiger partial charge in [-0.1, -0.05) is 49.6 Å². The number of aliphatic hydroxyl groups excluding tert-OH is 1. The zero-order valence-electron chi connectivity index (χ0n) is 16.2. The van der Waals surface area contributed by atoms with Crippen molar-refractivity contribution in [1.29, 1.82) is 0 Å². The number of nitrogens with one attached hydrogen (secondary N) is 1. The molecule has 0 bridgehead atoms. The number of rotatable bonds is 6. The fourth-order valence-electron chi connectivity index (χ4n) is 2.86. The fourth-order valence-corrected chi connectivity index (χ4v) is 2.86. The van der Waals surface area contributed by atoms with Crippen molar-refractivity contribution in [1.82, 2.24) is 5.32 Å². The number of amides is 1. The molecule has 1 aromatic carbocycles. The van der Waals surface area contributed by atoms with Crippen LogP contribution in [0.15, 0.2) is 30.3 Å². The second-order valence-electron chi connectivity index (χ2n) is 6.45. The van der Waals surface area contributed by atoms with E-state index in [-0.39, 0.29) is 5.56 Å². The van der Waals surface area contributed by atoms with Crippen LogP contribution in [-0.4, -0.2) is 34.4 Å². The van der Waals surface area contributed by atoms with E-state index in [4.69, 9.17) is 2.74 Å². The van der Waals surface area contributed by atoms with Gasteiger partial charge in [0, 0.05) is 9.29 Å². The van der Waals surface area contributed by atoms with E-state index in [1.807, 2.05) is 0 Å². The molecule has 1 atom stereocenters. The van der Waals surface area contributed by atoms with Crippen LogP contribution in [0.5, 0.6) is 0 Å². The van der Waals surface area contributed by atoms with Crippen molar-refractivity contribution in [3.63, 3.8) is 0 Å². The summed E-state index contributed by atoms with van der Waals surface area (Å²) in [6.07, 6.45) is -1.73. The van der Waals surface area contributed by atoms with Gasteiger partial charge in [-0.3, -0.25) is 4.79 Å². The number of alkyl halides is 3. The molecule has 0 aliphatic heterocycles. The molecule has 1 unspecified atom stereocenters. The Labute approximate surface area is 153 Å². The molecule has 26 heavy (non-hydrogen) atoms. The lowest BCUT2D eigenvalue weighted by molar-refractivity contribution is -0.173. The first-order chi connectivity index (χ1) is 12.9. The summed E-state index contributed by atoms with van der Waals surface area (Å²) in [6.45, 7) is -0.994. The Kier molecular flexibility index (Phi) is 5.86. The van der Waals surface area contributed by atoms with Crippen molar-refractivity contribution in [2.45, 2.75) is 56.4 Å². The van der Waals surface area contributed by atoms with Crippen molar-refractivity contribution >= 4 is 12.0 Å². The number of halogens is 3. The van der Waals surface area contributed by atoms with Gasteiger partial charge in [0.15, 0.2) is 0 Å². The van der Waals surface area contributed by atoms with Crippen LogP contribution in [0.1, 0.15) is 58.4 Å². The average Bonchev–Trinajstić information content (AvgIpc) is 2.64. The van der Waals surface area contributed by atoms with Gasteiger partial charge in [0.2, 0.25) is 0 Å². The standard InChI is InChI=1S/C19H24F3NO3/c20-19(21,22)17(25)23-12-8-16(24)15-6-4-5-14(13-15)7-11-18(26)9-2-1-3-10-18/h4-7,11,13,16,24,26H,1-3,8-10,12H2,(H,23,25)/b11-7+/i8D2. The zero-order chi connectivity index (χ0) is 21.0. The van der Waals surface area contributed by atoms with Crippen molar-refractivity contribution < 1.29 is 30.9 Å². The number of aliphatic hydroxyl groups is 2. The van der Waals surface area contributed by atoms with Crippen LogP contribution in [0.4, 0.5) is 13.2 Å². The average molecular weight is 373 g/mol. The van der Waals surface area contributed by atoms with Gasteiger partial charge in [-0.15, -0.1) is 0 Å². The largest absolute Gasteiger partial charge is 0.471 e. The number of carbonyl (C=O) groups excluding carboxylic acids is 1. The maximum absolute atomic E-state index is 12.2. The van der Waals surface area contributed by atoms with Crippen LogP contribution in [0.2, 0.25) is 0 Å². The fraction of sp³-hybridized carbons (Fsp3) is 0.526. The first-order valence-electron chi connectivity index (χ1n) is 9.48. The van der Waals surface area contributed by atoms with Crippen molar-refractivity contribution in [2.75, 3.05) is 6.54 Å². The van der Waals surface area contributed by atoms with Crippen molar-refractivity contribution in [3.8, 4) is 0 Å². The Morgan fingerprint density at radius 1 is 1.35 bits per heavy atom. The highest BCUT2D eigenvalue weighted by atomic mass is 19.4. The van der Waals surface area contributed by atoms with E-state index >= 15 is 0 Å². The summed E-state index contributed by atoms with van der Waals surface area (Å²) in [5.41, 5.74) is -0.113. The molecule has 0 spiro atoms. The highest BCUT2D eigenvalue weighted by Gasteiger charge is 2.38. The van der Waals surface area contributed by atoms with Gasteiger partial charge in [0.05, 0.1) is 11.7 Å². The minimum Gasteiger partial charge on any atom is -0.388 e.